The van der Waals surface area contributed by atoms with Gasteiger partial charge in [-0.2, -0.15) is 0 Å². The predicted octanol–water partition coefficient (Wildman–Crippen LogP) is 3.10. The van der Waals surface area contributed by atoms with E-state index < -0.39 is 12.1 Å². The topological polar surface area (TPSA) is 71.5 Å². The molecule has 0 aliphatic rings. The fourth-order valence-electron chi connectivity index (χ4n) is 2.42. The Labute approximate surface area is 136 Å². The molecule has 2 N–H and O–H groups in total. The monoisotopic (exact) mass is 314 g/mol. The summed E-state index contributed by atoms with van der Waals surface area (Å²) in [5.74, 6) is 0.275. The van der Waals surface area contributed by atoms with Crippen LogP contribution in [0.5, 0.6) is 0 Å². The number of hydrogen-bond donors (Lipinski definition) is 2. The van der Waals surface area contributed by atoms with Crippen molar-refractivity contribution in [2.45, 2.75) is 32.4 Å². The van der Waals surface area contributed by atoms with E-state index >= 15 is 0 Å². The zero-order valence-corrected chi connectivity index (χ0v) is 13.6. The summed E-state index contributed by atoms with van der Waals surface area (Å²) in [6.07, 6.45) is 0.0258. The Morgan fingerprint density at radius 3 is 2.57 bits per heavy atom. The Kier molecular flexibility index (Phi) is 5.71. The van der Waals surface area contributed by atoms with Crippen LogP contribution in [-0.2, 0) is 4.74 Å². The van der Waals surface area contributed by atoms with Crippen molar-refractivity contribution >= 4 is 11.8 Å². The van der Waals surface area contributed by atoms with E-state index in [4.69, 9.17) is 4.74 Å². The number of hydrogen-bond acceptors (Lipinski definition) is 5. The van der Waals surface area contributed by atoms with Crippen molar-refractivity contribution in [3.05, 3.63) is 59.3 Å². The van der Waals surface area contributed by atoms with E-state index in [0.29, 0.717) is 23.5 Å². The summed E-state index contributed by atoms with van der Waals surface area (Å²) in [5, 5.41) is 13.5. The van der Waals surface area contributed by atoms with Crippen molar-refractivity contribution in [1.29, 1.82) is 0 Å². The molecule has 0 saturated heterocycles. The maximum absolute atomic E-state index is 11.6. The summed E-state index contributed by atoms with van der Waals surface area (Å²) in [5.41, 5.74) is 1.96. The Hall–Kier alpha value is -2.40. The highest BCUT2D eigenvalue weighted by Crippen LogP contribution is 2.20. The number of aryl methyl sites for hydroxylation is 1. The maximum atomic E-state index is 11.6. The number of carbonyl (C=O) groups is 1. The van der Waals surface area contributed by atoms with E-state index in [2.05, 4.69) is 10.3 Å². The molecule has 0 saturated carbocycles. The van der Waals surface area contributed by atoms with Crippen LogP contribution in [0.25, 0.3) is 0 Å². The number of pyridine rings is 1. The molecule has 1 aromatic heterocycles. The third-order valence-electron chi connectivity index (χ3n) is 3.65. The van der Waals surface area contributed by atoms with E-state index in [0.717, 1.165) is 5.56 Å². The van der Waals surface area contributed by atoms with Crippen LogP contribution in [0.1, 0.15) is 41.1 Å². The first-order chi connectivity index (χ1) is 11.0. The van der Waals surface area contributed by atoms with E-state index in [9.17, 15) is 9.90 Å². The minimum Gasteiger partial charge on any atom is -0.465 e. The number of ether oxygens (including phenoxy) is 1. The molecule has 5 heteroatoms. The smallest absolute Gasteiger partial charge is 0.339 e. The summed E-state index contributed by atoms with van der Waals surface area (Å²) in [6.45, 7) is 3.75. The van der Waals surface area contributed by atoms with Crippen molar-refractivity contribution in [1.82, 2.24) is 4.98 Å². The first kappa shape index (κ1) is 17.0. The molecule has 0 aliphatic heterocycles. The number of esters is 1. The van der Waals surface area contributed by atoms with Crippen LogP contribution >= 0.6 is 0 Å². The van der Waals surface area contributed by atoms with Crippen LogP contribution in [0.2, 0.25) is 0 Å². The molecule has 122 valence electrons. The molecule has 2 aromatic rings. The van der Waals surface area contributed by atoms with Gasteiger partial charge in [0.25, 0.3) is 0 Å². The Balaban J connectivity index is 1.99. The van der Waals surface area contributed by atoms with E-state index in [1.807, 2.05) is 37.3 Å². The van der Waals surface area contributed by atoms with Gasteiger partial charge in [0.2, 0.25) is 0 Å². The van der Waals surface area contributed by atoms with Gasteiger partial charge in [-0.3, -0.25) is 0 Å². The summed E-state index contributed by atoms with van der Waals surface area (Å²) < 4.78 is 4.71. The van der Waals surface area contributed by atoms with E-state index in [1.54, 1.807) is 19.1 Å². The minimum atomic E-state index is -0.533. The van der Waals surface area contributed by atoms with Gasteiger partial charge >= 0.3 is 5.97 Å². The second-order valence-corrected chi connectivity index (χ2v) is 5.53. The molecule has 1 aromatic carbocycles. The highest BCUT2D eigenvalue weighted by Gasteiger charge is 2.14. The van der Waals surface area contributed by atoms with E-state index in [-0.39, 0.29) is 6.04 Å². The average Bonchev–Trinajstić information content (AvgIpc) is 2.55. The number of methoxy groups -OCH3 is 1. The number of aliphatic hydroxyl groups is 1. The predicted molar refractivity (Wildman–Crippen MR) is 89.4 cm³/mol. The summed E-state index contributed by atoms with van der Waals surface area (Å²) >= 11 is 0. The molecule has 2 atom stereocenters. The van der Waals surface area contributed by atoms with Crippen molar-refractivity contribution in [3.63, 3.8) is 0 Å². The van der Waals surface area contributed by atoms with Crippen LogP contribution in [0.3, 0.4) is 0 Å². The van der Waals surface area contributed by atoms with Crippen LogP contribution in [0, 0.1) is 6.92 Å². The van der Waals surface area contributed by atoms with Gasteiger partial charge in [-0.1, -0.05) is 30.3 Å². The second-order valence-electron chi connectivity index (χ2n) is 5.53. The van der Waals surface area contributed by atoms with Gasteiger partial charge in [-0.25, -0.2) is 9.78 Å². The number of carbonyl (C=O) groups excluding carboxylic acids is 1. The number of aromatic nitrogens is 1. The van der Waals surface area contributed by atoms with Gasteiger partial charge in [0, 0.05) is 6.04 Å². The molecule has 0 fully saturated rings. The SMILES string of the molecule is COC(=O)c1ccc(NC(C)CC(O)c2ccccc2)nc1C. The quantitative estimate of drug-likeness (QED) is 0.802. The number of nitrogens with zero attached hydrogens (tertiary/aromatic N) is 1. The number of anilines is 1. The Morgan fingerprint density at radius 1 is 1.26 bits per heavy atom. The Morgan fingerprint density at radius 2 is 1.96 bits per heavy atom. The summed E-state index contributed by atoms with van der Waals surface area (Å²) in [4.78, 5) is 15.9. The van der Waals surface area contributed by atoms with Crippen LogP contribution < -0.4 is 5.32 Å². The van der Waals surface area contributed by atoms with Crippen LogP contribution in [0.4, 0.5) is 5.82 Å². The molecule has 0 spiro atoms. The standard InChI is InChI=1S/C18H22N2O3/c1-12(11-16(21)14-7-5-4-6-8-14)19-17-10-9-15(13(2)20-17)18(22)23-3/h4-10,12,16,21H,11H2,1-3H3,(H,19,20). The lowest BCUT2D eigenvalue weighted by Crippen LogP contribution is -2.20. The molecule has 0 bridgehead atoms. The number of benzene rings is 1. The van der Waals surface area contributed by atoms with Gasteiger partial charge in [0.1, 0.15) is 5.82 Å². The van der Waals surface area contributed by atoms with Crippen molar-refractivity contribution < 1.29 is 14.6 Å². The van der Waals surface area contributed by atoms with Gasteiger partial charge in [-0.05, 0) is 38.0 Å². The molecule has 1 heterocycles. The molecule has 2 rings (SSSR count). The second kappa shape index (κ2) is 7.74. The lowest BCUT2D eigenvalue weighted by Gasteiger charge is -2.19. The third-order valence-corrected chi connectivity index (χ3v) is 3.65. The highest BCUT2D eigenvalue weighted by molar-refractivity contribution is 5.90. The third kappa shape index (κ3) is 4.53. The Bertz CT molecular complexity index is 659. The van der Waals surface area contributed by atoms with Gasteiger partial charge in [-0.15, -0.1) is 0 Å². The maximum Gasteiger partial charge on any atom is 0.339 e. The fourth-order valence-corrected chi connectivity index (χ4v) is 2.42. The fraction of sp³-hybridized carbons (Fsp3) is 0.333. The van der Waals surface area contributed by atoms with Crippen molar-refractivity contribution in [3.8, 4) is 0 Å². The number of nitrogens with one attached hydrogen (secondary N) is 1. The molecule has 2 unspecified atom stereocenters. The normalized spacial score (nSPS) is 13.2. The van der Waals surface area contributed by atoms with Gasteiger partial charge in [0.05, 0.1) is 24.5 Å². The molecule has 23 heavy (non-hydrogen) atoms. The molecular weight excluding hydrogens is 292 g/mol. The van der Waals surface area contributed by atoms with Crippen molar-refractivity contribution in [2.75, 3.05) is 12.4 Å². The number of rotatable bonds is 6. The zero-order valence-electron chi connectivity index (χ0n) is 13.6. The molecule has 0 aliphatic carbocycles. The molecule has 0 radical (unpaired) electrons. The molecular formula is C18H22N2O3. The largest absolute Gasteiger partial charge is 0.465 e. The van der Waals surface area contributed by atoms with Gasteiger partial charge < -0.3 is 15.2 Å². The van der Waals surface area contributed by atoms with Crippen LogP contribution in [-0.4, -0.2) is 29.2 Å². The summed E-state index contributed by atoms with van der Waals surface area (Å²) in [6, 6.07) is 13.0. The number of aliphatic hydroxyl groups excluding tert-OH is 1. The first-order valence-electron chi connectivity index (χ1n) is 7.56. The average molecular weight is 314 g/mol. The lowest BCUT2D eigenvalue weighted by molar-refractivity contribution is 0.0599. The minimum absolute atomic E-state index is 0.0288. The van der Waals surface area contributed by atoms with Crippen molar-refractivity contribution in [2.24, 2.45) is 0 Å². The summed E-state index contributed by atoms with van der Waals surface area (Å²) in [7, 11) is 1.35. The zero-order chi connectivity index (χ0) is 16.8. The van der Waals surface area contributed by atoms with Crippen LogP contribution in [0.15, 0.2) is 42.5 Å². The lowest BCUT2D eigenvalue weighted by atomic mass is 10.0. The van der Waals surface area contributed by atoms with Gasteiger partial charge in [0.15, 0.2) is 0 Å². The molecule has 5 nitrogen and oxygen atoms in total. The molecule has 0 amide bonds. The highest BCUT2D eigenvalue weighted by atomic mass is 16.5. The van der Waals surface area contributed by atoms with E-state index in [1.165, 1.54) is 7.11 Å². The first-order valence-corrected chi connectivity index (χ1v) is 7.56.